The minimum Gasteiger partial charge on any atom is -0.389 e. The van der Waals surface area contributed by atoms with Crippen LogP contribution in [0.25, 0.3) is 11.4 Å². The number of benzene rings is 2. The van der Waals surface area contributed by atoms with E-state index < -0.39 is 11.8 Å². The molecule has 33 heavy (non-hydrogen) atoms. The number of carbonyl (C=O) groups is 1. The number of hydrogen-bond donors (Lipinski definition) is 1. The lowest BCUT2D eigenvalue weighted by Gasteiger charge is -2.24. The minimum absolute atomic E-state index is 0.00634. The van der Waals surface area contributed by atoms with E-state index in [1.54, 1.807) is 24.3 Å². The van der Waals surface area contributed by atoms with Crippen LogP contribution < -0.4 is 5.69 Å². The van der Waals surface area contributed by atoms with Crippen molar-refractivity contribution in [2.75, 3.05) is 13.7 Å². The predicted molar refractivity (Wildman–Crippen MR) is 129 cm³/mol. The summed E-state index contributed by atoms with van der Waals surface area (Å²) in [6.45, 7) is 5.96. The van der Waals surface area contributed by atoms with Crippen LogP contribution in [0.3, 0.4) is 0 Å². The highest BCUT2D eigenvalue weighted by molar-refractivity contribution is 6.30. The third-order valence-electron chi connectivity index (χ3n) is 5.54. The molecule has 0 aliphatic rings. The second-order valence-corrected chi connectivity index (χ2v) is 9.40. The van der Waals surface area contributed by atoms with Crippen LogP contribution >= 0.6 is 11.6 Å². The number of aliphatic hydroxyl groups is 1. The van der Waals surface area contributed by atoms with Crippen LogP contribution in [0.1, 0.15) is 31.4 Å². The van der Waals surface area contributed by atoms with E-state index in [0.29, 0.717) is 16.4 Å². The second kappa shape index (κ2) is 10.5. The van der Waals surface area contributed by atoms with E-state index in [-0.39, 0.29) is 37.3 Å². The van der Waals surface area contributed by atoms with Gasteiger partial charge >= 0.3 is 5.69 Å². The van der Waals surface area contributed by atoms with Crippen molar-refractivity contribution in [1.82, 2.24) is 14.3 Å². The molecular weight excluding hydrogens is 442 g/mol. The van der Waals surface area contributed by atoms with Gasteiger partial charge in [0, 0.05) is 24.1 Å². The van der Waals surface area contributed by atoms with Gasteiger partial charge < -0.3 is 9.84 Å². The molecule has 3 aromatic rings. The molecule has 0 fully saturated rings. The molecule has 7 nitrogen and oxygen atoms in total. The first kappa shape index (κ1) is 24.9. The fraction of sp³-hybridized carbons (Fsp3) is 0.400. The van der Waals surface area contributed by atoms with Gasteiger partial charge in [-0.05, 0) is 42.2 Å². The van der Waals surface area contributed by atoms with E-state index in [4.69, 9.17) is 16.3 Å². The highest BCUT2D eigenvalue weighted by Gasteiger charge is 2.26. The van der Waals surface area contributed by atoms with Gasteiger partial charge in [0.15, 0.2) is 11.6 Å². The largest absolute Gasteiger partial charge is 0.389 e. The lowest BCUT2D eigenvalue weighted by molar-refractivity contribution is -0.120. The zero-order valence-corrected chi connectivity index (χ0v) is 20.2. The van der Waals surface area contributed by atoms with E-state index >= 15 is 0 Å². The summed E-state index contributed by atoms with van der Waals surface area (Å²) in [4.78, 5) is 26.1. The van der Waals surface area contributed by atoms with E-state index in [1.807, 2.05) is 39.0 Å². The molecule has 1 aromatic heterocycles. The number of halogens is 1. The smallest absolute Gasteiger partial charge is 0.346 e. The number of hydrogen-bond acceptors (Lipinski definition) is 5. The van der Waals surface area contributed by atoms with Crippen molar-refractivity contribution in [3.05, 3.63) is 75.2 Å². The molecule has 1 heterocycles. The number of carbonyl (C=O) groups excluding carboxylic acids is 1. The lowest BCUT2D eigenvalue weighted by Crippen LogP contribution is -2.33. The number of rotatable bonds is 10. The molecule has 0 aliphatic heterocycles. The Hall–Kier alpha value is -2.74. The summed E-state index contributed by atoms with van der Waals surface area (Å²) < 4.78 is 7.52. The standard InChI is InChI=1S/C25H30ClN3O4/c1-17-6-5-7-19(12-17)25(2,3)13-21(30)15-29-24(32)28(14-22(31)16-33-4)23(27-29)18-8-10-20(26)11-9-18/h5-12,22,31H,13-16H2,1-4H3. The van der Waals surface area contributed by atoms with Crippen LogP contribution in [0.15, 0.2) is 53.3 Å². The van der Waals surface area contributed by atoms with Gasteiger partial charge in [0.05, 0.1) is 19.3 Å². The number of Topliss-reactive ketones (excluding diaryl/α,β-unsaturated/α-hetero) is 1. The quantitative estimate of drug-likeness (QED) is 0.488. The third-order valence-corrected chi connectivity index (χ3v) is 5.79. The van der Waals surface area contributed by atoms with Crippen LogP contribution in [-0.4, -0.2) is 45.1 Å². The predicted octanol–water partition coefficient (Wildman–Crippen LogP) is 3.62. The maximum atomic E-state index is 13.1. The molecule has 1 N–H and O–H groups in total. The molecule has 0 radical (unpaired) electrons. The number of aromatic nitrogens is 3. The average Bonchev–Trinajstić information content (AvgIpc) is 3.03. The van der Waals surface area contributed by atoms with Gasteiger partial charge in [0.1, 0.15) is 6.54 Å². The van der Waals surface area contributed by atoms with Crippen LogP contribution in [0.5, 0.6) is 0 Å². The van der Waals surface area contributed by atoms with Crippen LogP contribution in [0.4, 0.5) is 0 Å². The first-order chi connectivity index (χ1) is 15.6. The van der Waals surface area contributed by atoms with Gasteiger partial charge in [0.25, 0.3) is 0 Å². The maximum Gasteiger partial charge on any atom is 0.346 e. The number of aliphatic hydroxyl groups excluding tert-OH is 1. The first-order valence-corrected chi connectivity index (χ1v) is 11.2. The van der Waals surface area contributed by atoms with Crippen molar-refractivity contribution in [3.63, 3.8) is 0 Å². The van der Waals surface area contributed by atoms with Gasteiger partial charge in [-0.25, -0.2) is 9.48 Å². The van der Waals surface area contributed by atoms with Crippen molar-refractivity contribution >= 4 is 17.4 Å². The van der Waals surface area contributed by atoms with E-state index in [9.17, 15) is 14.7 Å². The molecular formula is C25H30ClN3O4. The van der Waals surface area contributed by atoms with Crippen LogP contribution in [0.2, 0.25) is 5.02 Å². The molecule has 3 rings (SSSR count). The van der Waals surface area contributed by atoms with Crippen molar-refractivity contribution in [2.45, 2.75) is 51.8 Å². The highest BCUT2D eigenvalue weighted by Crippen LogP contribution is 2.28. The summed E-state index contributed by atoms with van der Waals surface area (Å²) in [5.74, 6) is 0.255. The van der Waals surface area contributed by atoms with Crippen LogP contribution in [0, 0.1) is 6.92 Å². The van der Waals surface area contributed by atoms with Gasteiger partial charge in [-0.2, -0.15) is 0 Å². The molecule has 0 spiro atoms. The molecule has 1 unspecified atom stereocenters. The van der Waals surface area contributed by atoms with E-state index in [0.717, 1.165) is 15.8 Å². The molecule has 0 saturated carbocycles. The number of methoxy groups -OCH3 is 1. The zero-order valence-electron chi connectivity index (χ0n) is 19.4. The second-order valence-electron chi connectivity index (χ2n) is 8.96. The topological polar surface area (TPSA) is 86.3 Å². The maximum absolute atomic E-state index is 13.1. The summed E-state index contributed by atoms with van der Waals surface area (Å²) >= 11 is 6.00. The monoisotopic (exact) mass is 471 g/mol. The Bertz CT molecular complexity index is 1170. The third kappa shape index (κ3) is 6.19. The minimum atomic E-state index is -0.896. The fourth-order valence-electron chi connectivity index (χ4n) is 3.86. The first-order valence-electron chi connectivity index (χ1n) is 10.8. The molecule has 1 atom stereocenters. The summed E-state index contributed by atoms with van der Waals surface area (Å²) in [5, 5.41) is 15.2. The molecule has 0 bridgehead atoms. The lowest BCUT2D eigenvalue weighted by atomic mass is 9.79. The van der Waals surface area contributed by atoms with Crippen molar-refractivity contribution in [3.8, 4) is 11.4 Å². The summed E-state index contributed by atoms with van der Waals surface area (Å²) in [5.41, 5.74) is 2.01. The zero-order chi connectivity index (χ0) is 24.2. The van der Waals surface area contributed by atoms with E-state index in [2.05, 4.69) is 11.2 Å². The SMILES string of the molecule is COCC(O)Cn1c(-c2ccc(Cl)cc2)nn(CC(=O)CC(C)(C)c2cccc(C)c2)c1=O. The molecule has 0 saturated heterocycles. The Morgan fingerprint density at radius 2 is 1.91 bits per heavy atom. The fourth-order valence-corrected chi connectivity index (χ4v) is 3.99. The van der Waals surface area contributed by atoms with Gasteiger partial charge in [-0.3, -0.25) is 9.36 Å². The molecule has 0 amide bonds. The molecule has 0 aliphatic carbocycles. The van der Waals surface area contributed by atoms with Crippen molar-refractivity contribution in [1.29, 1.82) is 0 Å². The Labute approximate surface area is 198 Å². The number of nitrogens with zero attached hydrogens (tertiary/aromatic N) is 3. The Morgan fingerprint density at radius 3 is 2.55 bits per heavy atom. The van der Waals surface area contributed by atoms with Crippen LogP contribution in [-0.2, 0) is 28.0 Å². The average molecular weight is 472 g/mol. The van der Waals surface area contributed by atoms with Crippen molar-refractivity contribution < 1.29 is 14.6 Å². The van der Waals surface area contributed by atoms with Gasteiger partial charge in [-0.15, -0.1) is 5.10 Å². The Morgan fingerprint density at radius 1 is 1.21 bits per heavy atom. The molecule has 2 aromatic carbocycles. The molecule has 176 valence electrons. The Balaban J connectivity index is 1.88. The number of ketones is 1. The van der Waals surface area contributed by atoms with E-state index in [1.165, 1.54) is 11.7 Å². The van der Waals surface area contributed by atoms with Gasteiger partial charge in [0.2, 0.25) is 0 Å². The van der Waals surface area contributed by atoms with Crippen molar-refractivity contribution in [2.24, 2.45) is 0 Å². The highest BCUT2D eigenvalue weighted by atomic mass is 35.5. The van der Waals surface area contributed by atoms with Gasteiger partial charge in [-0.1, -0.05) is 55.3 Å². The molecule has 8 heteroatoms. The number of aryl methyl sites for hydroxylation is 1. The summed E-state index contributed by atoms with van der Waals surface area (Å²) in [6.07, 6.45) is -0.634. The normalized spacial score (nSPS) is 12.7. The number of ether oxygens (including phenoxy) is 1. The summed E-state index contributed by atoms with van der Waals surface area (Å²) in [6, 6.07) is 15.0. The summed E-state index contributed by atoms with van der Waals surface area (Å²) in [7, 11) is 1.48. The Kier molecular flexibility index (Phi) is 7.89.